The number of hydrogen-bond acceptors (Lipinski definition) is 3. The Hall–Kier alpha value is -1.09. The molecule has 0 amide bonds. The second kappa shape index (κ2) is 4.07. The Morgan fingerprint density at radius 3 is 2.92 bits per heavy atom. The highest BCUT2D eigenvalue weighted by atomic mass is 15.2. The second-order valence-corrected chi connectivity index (χ2v) is 2.84. The number of pyridine rings is 1. The van der Waals surface area contributed by atoms with Crippen molar-refractivity contribution in [2.45, 2.75) is 26.7 Å². The van der Waals surface area contributed by atoms with E-state index in [1.165, 1.54) is 0 Å². The fourth-order valence-corrected chi connectivity index (χ4v) is 1.24. The highest BCUT2D eigenvalue weighted by Gasteiger charge is 2.03. The summed E-state index contributed by atoms with van der Waals surface area (Å²) in [6.45, 7) is 4.15. The van der Waals surface area contributed by atoms with Gasteiger partial charge in [-0.1, -0.05) is 13.3 Å². The van der Waals surface area contributed by atoms with Gasteiger partial charge in [0.25, 0.3) is 0 Å². The van der Waals surface area contributed by atoms with E-state index in [0.29, 0.717) is 0 Å². The predicted octanol–water partition coefficient (Wildman–Crippen LogP) is 1.63. The maximum Gasteiger partial charge on any atom is 0.0731 e. The quantitative estimate of drug-likeness (QED) is 0.528. The zero-order valence-electron chi connectivity index (χ0n) is 7.59. The van der Waals surface area contributed by atoms with Crippen LogP contribution in [0.4, 0.5) is 5.69 Å². The average molecular weight is 165 g/mol. The summed E-state index contributed by atoms with van der Waals surface area (Å²) in [6, 6.07) is 1.95. The molecule has 0 aliphatic carbocycles. The van der Waals surface area contributed by atoms with Gasteiger partial charge >= 0.3 is 0 Å². The smallest absolute Gasteiger partial charge is 0.0731 e. The first-order valence-corrected chi connectivity index (χ1v) is 4.20. The first kappa shape index (κ1) is 9.00. The molecular formula is C9H15N3. The molecule has 1 aromatic heterocycles. The highest BCUT2D eigenvalue weighted by molar-refractivity contribution is 5.53. The normalized spacial score (nSPS) is 9.92. The largest absolute Gasteiger partial charge is 0.322 e. The van der Waals surface area contributed by atoms with Crippen molar-refractivity contribution in [3.63, 3.8) is 0 Å². The lowest BCUT2D eigenvalue weighted by Crippen LogP contribution is -2.11. The van der Waals surface area contributed by atoms with Gasteiger partial charge in [0.15, 0.2) is 0 Å². The molecule has 0 spiro atoms. The molecule has 0 radical (unpaired) electrons. The van der Waals surface area contributed by atoms with Gasteiger partial charge in [0.05, 0.1) is 11.4 Å². The molecule has 1 heterocycles. The van der Waals surface area contributed by atoms with E-state index >= 15 is 0 Å². The molecule has 0 bridgehead atoms. The third-order valence-corrected chi connectivity index (χ3v) is 1.87. The Morgan fingerprint density at radius 1 is 1.58 bits per heavy atom. The van der Waals surface area contributed by atoms with Crippen LogP contribution in [-0.2, 0) is 6.42 Å². The lowest BCUT2D eigenvalue weighted by Gasteiger charge is -2.09. The number of hydrogen-bond donors (Lipinski definition) is 2. The van der Waals surface area contributed by atoms with E-state index < -0.39 is 0 Å². The maximum atomic E-state index is 5.39. The summed E-state index contributed by atoms with van der Waals surface area (Å²) >= 11 is 0. The number of anilines is 1. The third-order valence-electron chi connectivity index (χ3n) is 1.87. The summed E-state index contributed by atoms with van der Waals surface area (Å²) in [6.07, 6.45) is 3.88. The number of rotatable bonds is 3. The van der Waals surface area contributed by atoms with Gasteiger partial charge in [-0.15, -0.1) is 0 Å². The second-order valence-electron chi connectivity index (χ2n) is 2.84. The minimum atomic E-state index is 0.972. The van der Waals surface area contributed by atoms with Gasteiger partial charge < -0.3 is 5.43 Å². The van der Waals surface area contributed by atoms with Gasteiger partial charge in [-0.2, -0.15) is 0 Å². The van der Waals surface area contributed by atoms with E-state index in [-0.39, 0.29) is 0 Å². The van der Waals surface area contributed by atoms with Crippen LogP contribution in [-0.4, -0.2) is 4.98 Å². The van der Waals surface area contributed by atoms with Crippen LogP contribution in [0.5, 0.6) is 0 Å². The van der Waals surface area contributed by atoms with Crippen molar-refractivity contribution in [3.05, 3.63) is 23.5 Å². The molecule has 66 valence electrons. The van der Waals surface area contributed by atoms with Gasteiger partial charge in [0, 0.05) is 6.20 Å². The van der Waals surface area contributed by atoms with E-state index in [2.05, 4.69) is 17.3 Å². The van der Waals surface area contributed by atoms with Gasteiger partial charge in [0.1, 0.15) is 0 Å². The van der Waals surface area contributed by atoms with Gasteiger partial charge in [-0.25, -0.2) is 0 Å². The molecule has 0 aliphatic heterocycles. The topological polar surface area (TPSA) is 50.9 Å². The monoisotopic (exact) mass is 165 g/mol. The van der Waals surface area contributed by atoms with Crippen LogP contribution < -0.4 is 11.3 Å². The molecular weight excluding hydrogens is 150 g/mol. The van der Waals surface area contributed by atoms with Crippen LogP contribution in [0.3, 0.4) is 0 Å². The fourth-order valence-electron chi connectivity index (χ4n) is 1.24. The van der Waals surface area contributed by atoms with Crippen LogP contribution >= 0.6 is 0 Å². The van der Waals surface area contributed by atoms with E-state index in [0.717, 1.165) is 29.8 Å². The molecule has 0 saturated heterocycles. The lowest BCUT2D eigenvalue weighted by atomic mass is 10.1. The molecule has 12 heavy (non-hydrogen) atoms. The SMILES string of the molecule is CCCc1nccc(C)c1NN. The molecule has 3 heteroatoms. The van der Waals surface area contributed by atoms with Crippen LogP contribution in [0, 0.1) is 6.92 Å². The number of nitrogens with zero attached hydrogens (tertiary/aromatic N) is 1. The molecule has 3 N–H and O–H groups in total. The predicted molar refractivity (Wildman–Crippen MR) is 50.8 cm³/mol. The summed E-state index contributed by atoms with van der Waals surface area (Å²) in [5.74, 6) is 5.39. The van der Waals surface area contributed by atoms with Crippen molar-refractivity contribution in [1.29, 1.82) is 0 Å². The average Bonchev–Trinajstić information content (AvgIpc) is 2.05. The van der Waals surface area contributed by atoms with Crippen LogP contribution in [0.2, 0.25) is 0 Å². The van der Waals surface area contributed by atoms with Crippen LogP contribution in [0.15, 0.2) is 12.3 Å². The number of aromatic nitrogens is 1. The summed E-state index contributed by atoms with van der Waals surface area (Å²) in [5.41, 5.74) is 5.86. The number of nitrogens with two attached hydrogens (primary N) is 1. The number of aryl methyl sites for hydroxylation is 2. The van der Waals surface area contributed by atoms with Crippen molar-refractivity contribution in [2.24, 2.45) is 5.84 Å². The van der Waals surface area contributed by atoms with Gasteiger partial charge in [-0.3, -0.25) is 10.8 Å². The standard InChI is InChI=1S/C9H15N3/c1-3-4-8-9(12-10)7(2)5-6-11-8/h5-6,12H,3-4,10H2,1-2H3. The zero-order valence-corrected chi connectivity index (χ0v) is 7.59. The first-order chi connectivity index (χ1) is 5.79. The minimum absolute atomic E-state index is 0.972. The fraction of sp³-hybridized carbons (Fsp3) is 0.444. The van der Waals surface area contributed by atoms with Crippen LogP contribution in [0.25, 0.3) is 0 Å². The number of hydrazine groups is 1. The van der Waals surface area contributed by atoms with Gasteiger partial charge in [0.2, 0.25) is 0 Å². The molecule has 3 nitrogen and oxygen atoms in total. The molecule has 0 atom stereocenters. The molecule has 0 fully saturated rings. The Bertz CT molecular complexity index is 258. The molecule has 0 unspecified atom stereocenters. The van der Waals surface area contributed by atoms with Crippen molar-refractivity contribution >= 4 is 5.69 Å². The summed E-state index contributed by atoms with van der Waals surface area (Å²) in [5, 5.41) is 0. The summed E-state index contributed by atoms with van der Waals surface area (Å²) < 4.78 is 0. The summed E-state index contributed by atoms with van der Waals surface area (Å²) in [7, 11) is 0. The van der Waals surface area contributed by atoms with E-state index in [4.69, 9.17) is 5.84 Å². The van der Waals surface area contributed by atoms with Crippen LogP contribution in [0.1, 0.15) is 24.6 Å². The first-order valence-electron chi connectivity index (χ1n) is 4.20. The van der Waals surface area contributed by atoms with Gasteiger partial charge in [-0.05, 0) is 25.0 Å². The van der Waals surface area contributed by atoms with Crippen molar-refractivity contribution in [1.82, 2.24) is 4.98 Å². The molecule has 1 rings (SSSR count). The van der Waals surface area contributed by atoms with Crippen molar-refractivity contribution in [3.8, 4) is 0 Å². The van der Waals surface area contributed by atoms with Crippen molar-refractivity contribution in [2.75, 3.05) is 5.43 Å². The Morgan fingerprint density at radius 2 is 2.33 bits per heavy atom. The summed E-state index contributed by atoms with van der Waals surface area (Å²) in [4.78, 5) is 4.26. The maximum absolute atomic E-state index is 5.39. The molecule has 0 aromatic carbocycles. The number of nitrogens with one attached hydrogen (secondary N) is 1. The van der Waals surface area contributed by atoms with E-state index in [1.54, 1.807) is 0 Å². The van der Waals surface area contributed by atoms with Crippen molar-refractivity contribution < 1.29 is 0 Å². The zero-order chi connectivity index (χ0) is 8.97. The minimum Gasteiger partial charge on any atom is -0.322 e. The van der Waals surface area contributed by atoms with E-state index in [1.807, 2.05) is 19.2 Å². The van der Waals surface area contributed by atoms with E-state index in [9.17, 15) is 0 Å². The Labute approximate surface area is 73.0 Å². The Balaban J connectivity index is 3.00. The highest BCUT2D eigenvalue weighted by Crippen LogP contribution is 2.17. The molecule has 0 aliphatic rings. The Kier molecular flexibility index (Phi) is 3.05. The third kappa shape index (κ3) is 1.74. The number of nitrogen functional groups attached to an aromatic ring is 1. The lowest BCUT2D eigenvalue weighted by molar-refractivity contribution is 0.880. The molecule has 1 aromatic rings. The molecule has 0 saturated carbocycles.